The molecule has 1 aliphatic heterocycles. The van der Waals surface area contributed by atoms with Crippen LogP contribution in [0.4, 0.5) is 0 Å². The standard InChI is InChI=1S/C12H23NOS/c14-7-6-12(4-1-5-12)10-13-11-2-8-15-9-3-11/h11,13-14H,1-10H2. The summed E-state index contributed by atoms with van der Waals surface area (Å²) in [6.45, 7) is 1.51. The Morgan fingerprint density at radius 1 is 1.27 bits per heavy atom. The molecule has 0 aromatic carbocycles. The Bertz CT molecular complexity index is 188. The van der Waals surface area contributed by atoms with Gasteiger partial charge in [0, 0.05) is 19.2 Å². The molecular formula is C12H23NOS. The van der Waals surface area contributed by atoms with E-state index in [1.165, 1.54) is 43.6 Å². The minimum atomic E-state index is 0.363. The third-order valence-corrected chi connectivity index (χ3v) is 5.09. The van der Waals surface area contributed by atoms with E-state index in [1.807, 2.05) is 0 Å². The maximum absolute atomic E-state index is 9.07. The van der Waals surface area contributed by atoms with Crippen LogP contribution in [0.1, 0.15) is 38.5 Å². The molecule has 1 saturated heterocycles. The second-order valence-electron chi connectivity index (χ2n) is 5.09. The fourth-order valence-corrected chi connectivity index (χ4v) is 3.80. The Morgan fingerprint density at radius 2 is 2.00 bits per heavy atom. The third-order valence-electron chi connectivity index (χ3n) is 4.04. The lowest BCUT2D eigenvalue weighted by atomic mass is 9.66. The lowest BCUT2D eigenvalue weighted by Crippen LogP contribution is -2.45. The molecule has 0 aromatic rings. The SMILES string of the molecule is OCCC1(CNC2CCSCC2)CCC1. The summed E-state index contributed by atoms with van der Waals surface area (Å²) in [6, 6.07) is 0.752. The highest BCUT2D eigenvalue weighted by molar-refractivity contribution is 7.99. The van der Waals surface area contributed by atoms with Gasteiger partial charge in [0.15, 0.2) is 0 Å². The topological polar surface area (TPSA) is 32.3 Å². The zero-order valence-electron chi connectivity index (χ0n) is 9.50. The van der Waals surface area contributed by atoms with Crippen molar-refractivity contribution in [3.8, 4) is 0 Å². The first-order chi connectivity index (χ1) is 7.35. The largest absolute Gasteiger partial charge is 0.396 e. The molecule has 3 heteroatoms. The van der Waals surface area contributed by atoms with E-state index in [4.69, 9.17) is 5.11 Å². The molecule has 2 fully saturated rings. The Hall–Kier alpha value is 0.270. The van der Waals surface area contributed by atoms with Crippen molar-refractivity contribution in [1.29, 1.82) is 0 Å². The first-order valence-corrected chi connectivity index (χ1v) is 7.42. The van der Waals surface area contributed by atoms with Gasteiger partial charge in [0.25, 0.3) is 0 Å². The van der Waals surface area contributed by atoms with Gasteiger partial charge in [-0.25, -0.2) is 0 Å². The van der Waals surface area contributed by atoms with Crippen molar-refractivity contribution in [3.63, 3.8) is 0 Å². The molecule has 2 rings (SSSR count). The van der Waals surface area contributed by atoms with Gasteiger partial charge < -0.3 is 10.4 Å². The molecule has 2 aliphatic rings. The van der Waals surface area contributed by atoms with Crippen LogP contribution in [0.5, 0.6) is 0 Å². The molecule has 0 amide bonds. The summed E-state index contributed by atoms with van der Waals surface area (Å²) in [5, 5.41) is 12.8. The van der Waals surface area contributed by atoms with Gasteiger partial charge in [0.1, 0.15) is 0 Å². The van der Waals surface area contributed by atoms with E-state index in [0.717, 1.165) is 19.0 Å². The molecule has 0 atom stereocenters. The molecule has 1 saturated carbocycles. The Morgan fingerprint density at radius 3 is 2.53 bits per heavy atom. The van der Waals surface area contributed by atoms with E-state index in [0.29, 0.717) is 12.0 Å². The molecular weight excluding hydrogens is 206 g/mol. The zero-order valence-corrected chi connectivity index (χ0v) is 10.3. The molecule has 2 nitrogen and oxygen atoms in total. The fraction of sp³-hybridized carbons (Fsp3) is 1.00. The van der Waals surface area contributed by atoms with Crippen molar-refractivity contribution >= 4 is 11.8 Å². The smallest absolute Gasteiger partial charge is 0.0436 e. The van der Waals surface area contributed by atoms with Gasteiger partial charge in [-0.2, -0.15) is 11.8 Å². The van der Waals surface area contributed by atoms with Crippen LogP contribution in [0.3, 0.4) is 0 Å². The minimum Gasteiger partial charge on any atom is -0.396 e. The number of hydrogen-bond acceptors (Lipinski definition) is 3. The molecule has 88 valence electrons. The van der Waals surface area contributed by atoms with Crippen molar-refractivity contribution in [2.75, 3.05) is 24.7 Å². The van der Waals surface area contributed by atoms with Crippen molar-refractivity contribution in [3.05, 3.63) is 0 Å². The number of nitrogens with one attached hydrogen (secondary N) is 1. The summed E-state index contributed by atoms with van der Waals surface area (Å²) >= 11 is 2.08. The molecule has 0 aromatic heterocycles. The summed E-state index contributed by atoms with van der Waals surface area (Å²) in [7, 11) is 0. The Labute approximate surface area is 97.2 Å². The second kappa shape index (κ2) is 5.55. The Balaban J connectivity index is 1.70. The summed E-state index contributed by atoms with van der Waals surface area (Å²) in [6.07, 6.45) is 7.67. The first-order valence-electron chi connectivity index (χ1n) is 6.27. The van der Waals surface area contributed by atoms with Crippen LogP contribution < -0.4 is 5.32 Å². The highest BCUT2D eigenvalue weighted by atomic mass is 32.2. The molecule has 15 heavy (non-hydrogen) atoms. The molecule has 0 bridgehead atoms. The summed E-state index contributed by atoms with van der Waals surface area (Å²) < 4.78 is 0. The maximum Gasteiger partial charge on any atom is 0.0436 e. The molecule has 2 N–H and O–H groups in total. The normalized spacial score (nSPS) is 26.2. The van der Waals surface area contributed by atoms with Gasteiger partial charge in [-0.1, -0.05) is 6.42 Å². The zero-order chi connectivity index (χ0) is 10.6. The maximum atomic E-state index is 9.07. The second-order valence-corrected chi connectivity index (χ2v) is 6.32. The number of thioether (sulfide) groups is 1. The summed E-state index contributed by atoms with van der Waals surface area (Å²) in [4.78, 5) is 0. The van der Waals surface area contributed by atoms with E-state index in [9.17, 15) is 0 Å². The van der Waals surface area contributed by atoms with Crippen molar-refractivity contribution in [2.45, 2.75) is 44.6 Å². The third kappa shape index (κ3) is 3.11. The van der Waals surface area contributed by atoms with Crippen LogP contribution in [-0.2, 0) is 0 Å². The van der Waals surface area contributed by atoms with Gasteiger partial charge in [-0.05, 0) is 49.0 Å². The van der Waals surface area contributed by atoms with Gasteiger partial charge >= 0.3 is 0 Å². The Kier molecular flexibility index (Phi) is 4.35. The van der Waals surface area contributed by atoms with Crippen LogP contribution in [0, 0.1) is 5.41 Å². The van der Waals surface area contributed by atoms with Crippen LogP contribution in [0.25, 0.3) is 0 Å². The van der Waals surface area contributed by atoms with Crippen LogP contribution in [0.15, 0.2) is 0 Å². The average molecular weight is 229 g/mol. The monoisotopic (exact) mass is 229 g/mol. The van der Waals surface area contributed by atoms with E-state index < -0.39 is 0 Å². The fourth-order valence-electron chi connectivity index (χ4n) is 2.69. The van der Waals surface area contributed by atoms with Crippen molar-refractivity contribution in [2.24, 2.45) is 5.41 Å². The van der Waals surface area contributed by atoms with Crippen LogP contribution >= 0.6 is 11.8 Å². The van der Waals surface area contributed by atoms with Gasteiger partial charge in [0.2, 0.25) is 0 Å². The highest BCUT2D eigenvalue weighted by Gasteiger charge is 2.36. The quantitative estimate of drug-likeness (QED) is 0.756. The van der Waals surface area contributed by atoms with Gasteiger partial charge in [0.05, 0.1) is 0 Å². The highest BCUT2D eigenvalue weighted by Crippen LogP contribution is 2.43. The lowest BCUT2D eigenvalue weighted by molar-refractivity contribution is 0.0822. The van der Waals surface area contributed by atoms with E-state index in [1.54, 1.807) is 0 Å². The number of hydrogen-bond donors (Lipinski definition) is 2. The summed E-state index contributed by atoms with van der Waals surface area (Å²) in [5.41, 5.74) is 0.458. The first kappa shape index (κ1) is 11.7. The molecule has 0 unspecified atom stereocenters. The molecule has 0 radical (unpaired) electrons. The van der Waals surface area contributed by atoms with Crippen LogP contribution in [-0.4, -0.2) is 35.8 Å². The van der Waals surface area contributed by atoms with E-state index in [-0.39, 0.29) is 0 Å². The predicted octanol–water partition coefficient (Wildman–Crippen LogP) is 2.02. The number of aliphatic hydroxyl groups is 1. The van der Waals surface area contributed by atoms with Gasteiger partial charge in [-0.15, -0.1) is 0 Å². The van der Waals surface area contributed by atoms with Crippen molar-refractivity contribution < 1.29 is 5.11 Å². The predicted molar refractivity (Wildman–Crippen MR) is 66.3 cm³/mol. The molecule has 1 heterocycles. The van der Waals surface area contributed by atoms with E-state index in [2.05, 4.69) is 17.1 Å². The lowest BCUT2D eigenvalue weighted by Gasteiger charge is -2.43. The van der Waals surface area contributed by atoms with E-state index >= 15 is 0 Å². The van der Waals surface area contributed by atoms with Gasteiger partial charge in [-0.3, -0.25) is 0 Å². The molecule has 1 aliphatic carbocycles. The minimum absolute atomic E-state index is 0.363. The average Bonchev–Trinajstić information content (AvgIpc) is 2.23. The number of aliphatic hydroxyl groups excluding tert-OH is 1. The van der Waals surface area contributed by atoms with Crippen molar-refractivity contribution in [1.82, 2.24) is 5.32 Å². The summed E-state index contributed by atoms with van der Waals surface area (Å²) in [5.74, 6) is 2.65. The molecule has 0 spiro atoms. The number of rotatable bonds is 5. The van der Waals surface area contributed by atoms with Crippen LogP contribution in [0.2, 0.25) is 0 Å².